The first-order valence-electron chi connectivity index (χ1n) is 11.5. The Morgan fingerprint density at radius 1 is 0.943 bits per heavy atom. The van der Waals surface area contributed by atoms with Crippen molar-refractivity contribution in [3.63, 3.8) is 0 Å². The zero-order valence-corrected chi connectivity index (χ0v) is 20.7. The average molecular weight is 487 g/mol. The Morgan fingerprint density at radius 3 is 2.60 bits per heavy atom. The first kappa shape index (κ1) is 22.9. The van der Waals surface area contributed by atoms with Crippen LogP contribution in [0.5, 0.6) is 17.2 Å². The minimum absolute atomic E-state index is 0.0678. The summed E-state index contributed by atoms with van der Waals surface area (Å²) < 4.78 is 19.6. The molecule has 2 aromatic heterocycles. The van der Waals surface area contributed by atoms with Crippen LogP contribution >= 0.6 is 11.3 Å². The third-order valence-electron chi connectivity index (χ3n) is 5.92. The summed E-state index contributed by atoms with van der Waals surface area (Å²) in [5.41, 5.74) is 4.91. The molecule has 0 aliphatic carbocycles. The Morgan fingerprint density at radius 2 is 1.77 bits per heavy atom. The molecule has 0 saturated carbocycles. The second kappa shape index (κ2) is 9.80. The molecule has 35 heavy (non-hydrogen) atoms. The number of imidazole rings is 1. The molecular formula is C28H26N2O4S. The van der Waals surface area contributed by atoms with Crippen molar-refractivity contribution in [2.75, 3.05) is 20.3 Å². The van der Waals surface area contributed by atoms with Crippen molar-refractivity contribution in [2.24, 2.45) is 0 Å². The Hall–Kier alpha value is -3.84. The molecule has 0 spiro atoms. The van der Waals surface area contributed by atoms with Crippen molar-refractivity contribution >= 4 is 33.4 Å². The molecule has 0 bridgehead atoms. The van der Waals surface area contributed by atoms with Gasteiger partial charge in [-0.3, -0.25) is 4.79 Å². The van der Waals surface area contributed by atoms with Crippen molar-refractivity contribution < 1.29 is 14.2 Å². The number of fused-ring (bicyclic) bond motifs is 3. The van der Waals surface area contributed by atoms with Gasteiger partial charge in [-0.2, -0.15) is 0 Å². The van der Waals surface area contributed by atoms with E-state index in [4.69, 9.17) is 14.2 Å². The number of methoxy groups -OCH3 is 1. The van der Waals surface area contributed by atoms with E-state index >= 15 is 0 Å². The van der Waals surface area contributed by atoms with Crippen LogP contribution in [0.25, 0.3) is 22.1 Å². The van der Waals surface area contributed by atoms with Gasteiger partial charge in [-0.1, -0.05) is 35.6 Å². The van der Waals surface area contributed by atoms with Gasteiger partial charge in [0.2, 0.25) is 0 Å². The summed E-state index contributed by atoms with van der Waals surface area (Å²) in [7, 11) is 1.61. The predicted octanol–water partition coefficient (Wildman–Crippen LogP) is 4.93. The third kappa shape index (κ3) is 4.72. The van der Waals surface area contributed by atoms with Gasteiger partial charge in [-0.25, -0.2) is 9.38 Å². The number of rotatable bonds is 8. The van der Waals surface area contributed by atoms with Crippen LogP contribution in [0, 0.1) is 13.8 Å². The number of aryl methyl sites for hydroxylation is 2. The number of benzene rings is 3. The lowest BCUT2D eigenvalue weighted by atomic mass is 10.1. The Labute approximate surface area is 207 Å². The third-order valence-corrected chi connectivity index (χ3v) is 6.89. The first-order chi connectivity index (χ1) is 17.0. The van der Waals surface area contributed by atoms with Gasteiger partial charge >= 0.3 is 0 Å². The zero-order chi connectivity index (χ0) is 24.4. The average Bonchev–Trinajstić information content (AvgIpc) is 3.37. The van der Waals surface area contributed by atoms with E-state index in [-0.39, 0.29) is 5.56 Å². The summed E-state index contributed by atoms with van der Waals surface area (Å²) in [5.74, 6) is 2.15. The minimum atomic E-state index is -0.0678. The van der Waals surface area contributed by atoms with Gasteiger partial charge in [0.1, 0.15) is 5.75 Å². The van der Waals surface area contributed by atoms with Crippen molar-refractivity contribution in [2.45, 2.75) is 20.3 Å². The molecule has 7 heteroatoms. The van der Waals surface area contributed by atoms with Gasteiger partial charge in [-0.15, -0.1) is 0 Å². The fraction of sp³-hybridized carbons (Fsp3) is 0.214. The maximum atomic E-state index is 13.0. The van der Waals surface area contributed by atoms with Crippen LogP contribution in [0.15, 0.2) is 65.5 Å². The SMILES string of the molecule is COc1cc(C=c2sc3nc4ccccc4n3c2=O)ccc1OCCCOc1ccc(C)c(C)c1. The van der Waals surface area contributed by atoms with Crippen LogP contribution < -0.4 is 24.3 Å². The molecule has 0 unspecified atom stereocenters. The van der Waals surface area contributed by atoms with Crippen LogP contribution in [0.4, 0.5) is 0 Å². The highest BCUT2D eigenvalue weighted by molar-refractivity contribution is 7.15. The number of hydrogen-bond donors (Lipinski definition) is 0. The Kier molecular flexibility index (Phi) is 6.42. The molecular weight excluding hydrogens is 460 g/mol. The van der Waals surface area contributed by atoms with E-state index in [1.54, 1.807) is 11.5 Å². The van der Waals surface area contributed by atoms with Crippen LogP contribution in [0.2, 0.25) is 0 Å². The van der Waals surface area contributed by atoms with Gasteiger partial charge in [0, 0.05) is 6.42 Å². The summed E-state index contributed by atoms with van der Waals surface area (Å²) in [6.07, 6.45) is 2.60. The van der Waals surface area contributed by atoms with Gasteiger partial charge in [0.15, 0.2) is 16.5 Å². The molecule has 0 aliphatic heterocycles. The highest BCUT2D eigenvalue weighted by Crippen LogP contribution is 2.28. The van der Waals surface area contributed by atoms with Gasteiger partial charge in [0.05, 0.1) is 35.9 Å². The van der Waals surface area contributed by atoms with E-state index in [9.17, 15) is 4.79 Å². The maximum Gasteiger partial charge on any atom is 0.274 e. The molecule has 5 aromatic rings. The van der Waals surface area contributed by atoms with E-state index in [1.807, 2.05) is 54.6 Å². The van der Waals surface area contributed by atoms with Crippen molar-refractivity contribution in [1.82, 2.24) is 9.38 Å². The quantitative estimate of drug-likeness (QED) is 0.291. The van der Waals surface area contributed by atoms with Gasteiger partial charge < -0.3 is 14.2 Å². The summed E-state index contributed by atoms with van der Waals surface area (Å²) in [6, 6.07) is 19.4. The Balaban J connectivity index is 1.27. The van der Waals surface area contributed by atoms with E-state index in [2.05, 4.69) is 31.0 Å². The topological polar surface area (TPSA) is 62.1 Å². The lowest BCUT2D eigenvalue weighted by Gasteiger charge is -2.12. The standard InChI is InChI=1S/C28H26N2O4S/c1-18-9-11-21(15-19(18)2)33-13-6-14-34-24-12-10-20(16-25(24)32-3)17-26-27(31)30-23-8-5-4-7-22(23)29-28(30)35-26/h4-5,7-12,15-17H,6,13-14H2,1-3H3. The van der Waals surface area contributed by atoms with E-state index < -0.39 is 0 Å². The first-order valence-corrected chi connectivity index (χ1v) is 12.3. The zero-order valence-electron chi connectivity index (χ0n) is 19.9. The molecule has 0 N–H and O–H groups in total. The molecule has 0 fully saturated rings. The van der Waals surface area contributed by atoms with E-state index in [0.29, 0.717) is 34.2 Å². The molecule has 178 valence electrons. The summed E-state index contributed by atoms with van der Waals surface area (Å²) in [4.78, 5) is 18.3. The lowest BCUT2D eigenvalue weighted by molar-refractivity contribution is 0.240. The lowest BCUT2D eigenvalue weighted by Crippen LogP contribution is -2.22. The molecule has 0 radical (unpaired) electrons. The molecule has 5 rings (SSSR count). The molecule has 0 saturated heterocycles. The molecule has 2 heterocycles. The highest BCUT2D eigenvalue weighted by Gasteiger charge is 2.11. The summed E-state index contributed by atoms with van der Waals surface area (Å²) in [5, 5.41) is 0. The molecule has 0 aliphatic rings. The van der Waals surface area contributed by atoms with E-state index in [1.165, 1.54) is 22.5 Å². The summed E-state index contributed by atoms with van der Waals surface area (Å²) >= 11 is 1.38. The van der Waals surface area contributed by atoms with Crippen LogP contribution in [-0.2, 0) is 0 Å². The molecule has 6 nitrogen and oxygen atoms in total. The Bertz CT molecular complexity index is 1620. The molecule has 3 aromatic carbocycles. The van der Waals surface area contributed by atoms with Crippen LogP contribution in [0.1, 0.15) is 23.1 Å². The normalized spacial score (nSPS) is 11.9. The number of nitrogens with zero attached hydrogens (tertiary/aromatic N) is 2. The van der Waals surface area contributed by atoms with Crippen molar-refractivity contribution in [3.8, 4) is 17.2 Å². The number of para-hydroxylation sites is 2. The van der Waals surface area contributed by atoms with E-state index in [0.717, 1.165) is 28.8 Å². The fourth-order valence-corrected chi connectivity index (χ4v) is 4.88. The highest BCUT2D eigenvalue weighted by atomic mass is 32.1. The van der Waals surface area contributed by atoms with Gasteiger partial charge in [-0.05, 0) is 73.0 Å². The van der Waals surface area contributed by atoms with Crippen LogP contribution in [0.3, 0.4) is 0 Å². The van der Waals surface area contributed by atoms with Crippen LogP contribution in [-0.4, -0.2) is 29.7 Å². The molecule has 0 amide bonds. The fourth-order valence-electron chi connectivity index (χ4n) is 3.89. The number of aromatic nitrogens is 2. The number of hydrogen-bond acceptors (Lipinski definition) is 6. The maximum absolute atomic E-state index is 13.0. The molecule has 0 atom stereocenters. The monoisotopic (exact) mass is 486 g/mol. The second-order valence-corrected chi connectivity index (χ2v) is 9.35. The smallest absolute Gasteiger partial charge is 0.274 e. The minimum Gasteiger partial charge on any atom is -0.493 e. The van der Waals surface area contributed by atoms with Crippen molar-refractivity contribution in [1.29, 1.82) is 0 Å². The summed E-state index contributed by atoms with van der Waals surface area (Å²) in [6.45, 7) is 5.24. The van der Waals surface area contributed by atoms with Crippen molar-refractivity contribution in [3.05, 3.63) is 92.2 Å². The second-order valence-electron chi connectivity index (χ2n) is 8.34. The largest absolute Gasteiger partial charge is 0.493 e. The predicted molar refractivity (Wildman–Crippen MR) is 140 cm³/mol. The number of ether oxygens (including phenoxy) is 3. The van der Waals surface area contributed by atoms with Gasteiger partial charge in [0.25, 0.3) is 5.56 Å². The number of thiazole rings is 1.